The molecule has 5 nitrogen and oxygen atoms in total. The number of aromatic nitrogens is 1. The van der Waals surface area contributed by atoms with Crippen molar-refractivity contribution in [3.8, 4) is 0 Å². The predicted molar refractivity (Wildman–Crippen MR) is 125 cm³/mol. The van der Waals surface area contributed by atoms with Gasteiger partial charge in [0.1, 0.15) is 5.82 Å². The molecule has 1 aliphatic rings. The van der Waals surface area contributed by atoms with Gasteiger partial charge in [-0.3, -0.25) is 9.00 Å². The first kappa shape index (κ1) is 23.5. The molecular formula is C24H25F2N3O2S. The zero-order valence-corrected chi connectivity index (χ0v) is 18.8. The molecule has 1 atom stereocenters. The number of nitrogens with two attached hydrogens (primary N) is 1. The molecule has 0 bridgehead atoms. The second-order valence-electron chi connectivity index (χ2n) is 7.69. The van der Waals surface area contributed by atoms with Crippen molar-refractivity contribution in [3.05, 3.63) is 77.5 Å². The molecule has 1 amide bonds. The molecule has 1 unspecified atom stereocenters. The Labute approximate surface area is 188 Å². The number of nitrogen functional groups attached to an aromatic ring is 1. The Morgan fingerprint density at radius 2 is 2.06 bits per heavy atom. The highest BCUT2D eigenvalue weighted by Gasteiger charge is 2.41. The second-order valence-corrected chi connectivity index (χ2v) is 9.20. The monoisotopic (exact) mass is 457 g/mol. The van der Waals surface area contributed by atoms with Gasteiger partial charge in [0.15, 0.2) is 0 Å². The zero-order chi connectivity index (χ0) is 23.6. The summed E-state index contributed by atoms with van der Waals surface area (Å²) in [6.07, 6.45) is 2.80. The molecule has 1 aromatic heterocycles. The fourth-order valence-corrected chi connectivity index (χ4v) is 4.97. The van der Waals surface area contributed by atoms with Crippen molar-refractivity contribution in [3.63, 3.8) is 0 Å². The Balaban J connectivity index is 2.13. The Morgan fingerprint density at radius 3 is 2.72 bits per heavy atom. The van der Waals surface area contributed by atoms with E-state index in [2.05, 4.69) is 18.1 Å². The average molecular weight is 458 g/mol. The number of anilines is 2. The lowest BCUT2D eigenvalue weighted by atomic mass is 10.0. The van der Waals surface area contributed by atoms with Gasteiger partial charge in [0, 0.05) is 23.3 Å². The third-order valence-electron chi connectivity index (χ3n) is 5.20. The number of benzene rings is 1. The minimum absolute atomic E-state index is 0.00430. The summed E-state index contributed by atoms with van der Waals surface area (Å²) in [6, 6.07) is 7.75. The van der Waals surface area contributed by atoms with E-state index in [1.807, 2.05) is 13.0 Å². The molecule has 0 radical (unpaired) electrons. The van der Waals surface area contributed by atoms with Gasteiger partial charge in [-0.1, -0.05) is 37.4 Å². The van der Waals surface area contributed by atoms with E-state index in [4.69, 9.17) is 5.73 Å². The molecule has 0 saturated carbocycles. The van der Waals surface area contributed by atoms with Crippen LogP contribution in [0.4, 0.5) is 20.3 Å². The van der Waals surface area contributed by atoms with Crippen LogP contribution in [-0.4, -0.2) is 27.4 Å². The van der Waals surface area contributed by atoms with Crippen molar-refractivity contribution >= 4 is 34.3 Å². The summed E-state index contributed by atoms with van der Waals surface area (Å²) < 4.78 is 41.9. The molecule has 2 N–H and O–H groups in total. The molecule has 0 aliphatic carbocycles. The molecule has 32 heavy (non-hydrogen) atoms. The van der Waals surface area contributed by atoms with E-state index >= 15 is 0 Å². The topological polar surface area (TPSA) is 76.3 Å². The first-order valence-electron chi connectivity index (χ1n) is 9.98. The van der Waals surface area contributed by atoms with Crippen molar-refractivity contribution in [2.75, 3.05) is 22.9 Å². The molecule has 2 aromatic rings. The summed E-state index contributed by atoms with van der Waals surface area (Å²) in [4.78, 5) is 18.7. The maximum atomic E-state index is 14.6. The van der Waals surface area contributed by atoms with Gasteiger partial charge in [-0.15, -0.1) is 0 Å². The number of nitrogens with zero attached hydrogens (tertiary/aromatic N) is 2. The number of hydrogen-bond acceptors (Lipinski definition) is 4. The summed E-state index contributed by atoms with van der Waals surface area (Å²) in [5.74, 6) is -3.41. The Morgan fingerprint density at radius 1 is 1.34 bits per heavy atom. The number of rotatable bonds is 6. The lowest BCUT2D eigenvalue weighted by molar-refractivity contribution is -0.115. The number of hydrogen-bond donors (Lipinski definition) is 1. The third-order valence-corrected chi connectivity index (χ3v) is 6.66. The van der Waals surface area contributed by atoms with Crippen molar-refractivity contribution in [1.82, 2.24) is 4.98 Å². The molecule has 3 rings (SSSR count). The van der Waals surface area contributed by atoms with Crippen molar-refractivity contribution in [2.24, 2.45) is 0 Å². The SMILES string of the molecule is C=C/C(=C\c1nc(N)ccc1C)CN(C(=O)C(=C)C)c1cccc2c1S(=O)CCC2(F)F. The Hall–Kier alpha value is -3.13. The summed E-state index contributed by atoms with van der Waals surface area (Å²) in [6.45, 7) is 10.9. The first-order chi connectivity index (χ1) is 15.0. The number of carbonyl (C=O) groups excluding carboxylic acids is 1. The van der Waals surface area contributed by atoms with Crippen LogP contribution in [0.15, 0.2) is 65.6 Å². The normalized spacial score (nSPS) is 17.4. The minimum Gasteiger partial charge on any atom is -0.384 e. The quantitative estimate of drug-likeness (QED) is 0.502. The van der Waals surface area contributed by atoms with Crippen LogP contribution in [0.1, 0.15) is 30.2 Å². The van der Waals surface area contributed by atoms with Gasteiger partial charge < -0.3 is 10.6 Å². The number of amides is 1. The Bertz CT molecular complexity index is 1160. The van der Waals surface area contributed by atoms with Gasteiger partial charge in [0.2, 0.25) is 0 Å². The largest absolute Gasteiger partial charge is 0.384 e. The van der Waals surface area contributed by atoms with E-state index < -0.39 is 29.1 Å². The van der Waals surface area contributed by atoms with E-state index in [-0.39, 0.29) is 34.0 Å². The summed E-state index contributed by atoms with van der Waals surface area (Å²) in [5, 5.41) is 0. The third kappa shape index (κ3) is 4.70. The zero-order valence-electron chi connectivity index (χ0n) is 18.0. The van der Waals surface area contributed by atoms with Crippen LogP contribution in [0.3, 0.4) is 0 Å². The standard InChI is InChI=1S/C24H25F2N3O2S/c1-5-17(13-19-16(4)9-10-21(27)28-19)14-29(23(30)15(2)3)20-8-6-7-18-22(20)32(31)12-11-24(18,25)26/h5-10,13H,1-2,11-12,14H2,3-4H3,(H2,27,28)/b17-13+. The van der Waals surface area contributed by atoms with E-state index in [1.165, 1.54) is 30.0 Å². The number of aryl methyl sites for hydroxylation is 1. The van der Waals surface area contributed by atoms with E-state index in [9.17, 15) is 17.8 Å². The second kappa shape index (κ2) is 9.16. The highest BCUT2D eigenvalue weighted by atomic mass is 32.2. The fraction of sp³-hybridized carbons (Fsp3) is 0.250. The van der Waals surface area contributed by atoms with Gasteiger partial charge >= 0.3 is 0 Å². The molecule has 8 heteroatoms. The van der Waals surface area contributed by atoms with Crippen molar-refractivity contribution in [1.29, 1.82) is 0 Å². The van der Waals surface area contributed by atoms with Gasteiger partial charge in [0.25, 0.3) is 11.8 Å². The maximum Gasteiger partial charge on any atom is 0.275 e. The van der Waals surface area contributed by atoms with Gasteiger partial charge in [-0.05, 0) is 43.2 Å². The van der Waals surface area contributed by atoms with Crippen molar-refractivity contribution < 1.29 is 17.8 Å². The highest BCUT2D eigenvalue weighted by Crippen LogP contribution is 2.44. The average Bonchev–Trinajstić information content (AvgIpc) is 2.75. The molecular weight excluding hydrogens is 432 g/mol. The fourth-order valence-electron chi connectivity index (χ4n) is 3.45. The maximum absolute atomic E-state index is 14.6. The van der Waals surface area contributed by atoms with E-state index in [0.717, 1.165) is 5.56 Å². The van der Waals surface area contributed by atoms with Crippen LogP contribution in [0, 0.1) is 6.92 Å². The lowest BCUT2D eigenvalue weighted by Gasteiger charge is -2.31. The smallest absolute Gasteiger partial charge is 0.275 e. The molecule has 1 aromatic carbocycles. The molecule has 0 spiro atoms. The number of alkyl halides is 2. The van der Waals surface area contributed by atoms with Crippen LogP contribution in [0.5, 0.6) is 0 Å². The van der Waals surface area contributed by atoms with Crippen LogP contribution < -0.4 is 10.6 Å². The number of pyridine rings is 1. The molecule has 0 saturated heterocycles. The van der Waals surface area contributed by atoms with E-state index in [0.29, 0.717) is 17.1 Å². The molecule has 168 valence electrons. The van der Waals surface area contributed by atoms with Gasteiger partial charge in [-0.2, -0.15) is 0 Å². The first-order valence-corrected chi connectivity index (χ1v) is 11.3. The van der Waals surface area contributed by atoms with Crippen LogP contribution in [0.2, 0.25) is 0 Å². The summed E-state index contributed by atoms with van der Waals surface area (Å²) >= 11 is 0. The van der Waals surface area contributed by atoms with Crippen LogP contribution in [-0.2, 0) is 21.5 Å². The van der Waals surface area contributed by atoms with Gasteiger partial charge in [-0.25, -0.2) is 13.8 Å². The number of fused-ring (bicyclic) bond motifs is 1. The summed E-state index contributed by atoms with van der Waals surface area (Å²) in [5.41, 5.74) is 7.96. The highest BCUT2D eigenvalue weighted by molar-refractivity contribution is 7.85. The minimum atomic E-state index is -3.11. The lowest BCUT2D eigenvalue weighted by Crippen LogP contribution is -2.35. The predicted octanol–water partition coefficient (Wildman–Crippen LogP) is 4.75. The van der Waals surface area contributed by atoms with Crippen LogP contribution >= 0.6 is 0 Å². The van der Waals surface area contributed by atoms with E-state index in [1.54, 1.807) is 18.2 Å². The molecule has 2 heterocycles. The Kier molecular flexibility index (Phi) is 6.74. The number of carbonyl (C=O) groups is 1. The molecule has 0 fully saturated rings. The summed E-state index contributed by atoms with van der Waals surface area (Å²) in [7, 11) is -1.66. The van der Waals surface area contributed by atoms with Crippen molar-refractivity contribution in [2.45, 2.75) is 31.1 Å². The number of halogens is 2. The molecule has 1 aliphatic heterocycles. The van der Waals surface area contributed by atoms with Crippen LogP contribution in [0.25, 0.3) is 6.08 Å². The van der Waals surface area contributed by atoms with Gasteiger partial charge in [0.05, 0.1) is 33.6 Å².